The second-order valence-electron chi connectivity index (χ2n) is 9.23. The predicted octanol–water partition coefficient (Wildman–Crippen LogP) is 6.21. The number of hydrogen-bond acceptors (Lipinski definition) is 6. The van der Waals surface area contributed by atoms with Crippen LogP contribution in [0.5, 0.6) is 5.75 Å². The molecule has 3 aromatic carbocycles. The largest absolute Gasteiger partial charge is 0.460 e. The van der Waals surface area contributed by atoms with Gasteiger partial charge >= 0.3 is 5.97 Å². The zero-order chi connectivity index (χ0) is 26.9. The van der Waals surface area contributed by atoms with Gasteiger partial charge < -0.3 is 9.15 Å². The quantitative estimate of drug-likeness (QED) is 0.216. The lowest BCUT2D eigenvalue weighted by Crippen LogP contribution is -2.31. The van der Waals surface area contributed by atoms with Gasteiger partial charge in [0.05, 0.1) is 21.4 Å². The highest BCUT2D eigenvalue weighted by molar-refractivity contribution is 7.89. The summed E-state index contributed by atoms with van der Waals surface area (Å²) in [5.74, 6) is -0.0769. The van der Waals surface area contributed by atoms with E-state index in [1.54, 1.807) is 37.3 Å². The number of sulfonamides is 1. The Balaban J connectivity index is 1.37. The predicted molar refractivity (Wildman–Crippen MR) is 146 cm³/mol. The van der Waals surface area contributed by atoms with Gasteiger partial charge in [-0.15, -0.1) is 0 Å². The maximum absolute atomic E-state index is 13.2. The number of nitrogens with zero attached hydrogens (tertiary/aromatic N) is 1. The first kappa shape index (κ1) is 26.2. The van der Waals surface area contributed by atoms with Gasteiger partial charge in [0.15, 0.2) is 0 Å². The van der Waals surface area contributed by atoms with Crippen LogP contribution in [0.25, 0.3) is 22.1 Å². The van der Waals surface area contributed by atoms with Gasteiger partial charge in [-0.25, -0.2) is 13.2 Å². The molecule has 38 heavy (non-hydrogen) atoms. The molecule has 0 N–H and O–H groups in total. The molecule has 2 heterocycles. The lowest BCUT2D eigenvalue weighted by atomic mass is 10.0. The number of esters is 1. The minimum Gasteiger partial charge on any atom is -0.460 e. The fourth-order valence-corrected chi connectivity index (χ4v) is 6.43. The molecule has 9 heteroatoms. The molecule has 196 valence electrons. The van der Waals surface area contributed by atoms with Crippen LogP contribution in [0, 0.1) is 6.92 Å². The van der Waals surface area contributed by atoms with Crippen LogP contribution >= 0.6 is 11.6 Å². The number of carbonyl (C=O) groups excluding carboxylic acids is 1. The zero-order valence-corrected chi connectivity index (χ0v) is 22.3. The number of rotatable bonds is 5. The topological polar surface area (TPSA) is 93.9 Å². The van der Waals surface area contributed by atoms with Crippen LogP contribution < -0.4 is 10.2 Å². The first-order chi connectivity index (χ1) is 18.3. The molecule has 0 unspecified atom stereocenters. The van der Waals surface area contributed by atoms with Gasteiger partial charge in [-0.05, 0) is 62.2 Å². The van der Waals surface area contributed by atoms with E-state index in [-0.39, 0.29) is 27.2 Å². The van der Waals surface area contributed by atoms with Crippen LogP contribution in [-0.2, 0) is 10.0 Å². The lowest BCUT2D eigenvalue weighted by molar-refractivity contribution is 0.0735. The second-order valence-corrected chi connectivity index (χ2v) is 11.6. The maximum atomic E-state index is 13.2. The Labute approximate surface area is 225 Å². The molecule has 0 radical (unpaired) electrons. The Kier molecular flexibility index (Phi) is 7.38. The van der Waals surface area contributed by atoms with Crippen molar-refractivity contribution in [2.24, 2.45) is 0 Å². The third kappa shape index (κ3) is 5.12. The summed E-state index contributed by atoms with van der Waals surface area (Å²) in [6, 6.07) is 17.3. The summed E-state index contributed by atoms with van der Waals surface area (Å²) in [7, 11) is -3.61. The number of fused-ring (bicyclic) bond motifs is 1. The van der Waals surface area contributed by atoms with Gasteiger partial charge in [0.2, 0.25) is 15.5 Å². The SMILES string of the molecule is Cc1oc2cc(OC(=O)c3ccc(S(=O)(=O)N4CCCCCC4)cc3)ccc2c(=O)c1-c1ccccc1Cl. The Bertz CT molecular complexity index is 1670. The van der Waals surface area contributed by atoms with Crippen molar-refractivity contribution in [3.8, 4) is 16.9 Å². The standard InChI is InChI=1S/C29H26ClNO6S/c1-19-27(23-8-4-5-9-25(23)30)28(32)24-15-12-21(18-26(24)36-19)37-29(33)20-10-13-22(14-11-20)38(34,35)31-16-6-2-3-7-17-31/h4-5,8-15,18H,2-3,6-7,16-17H2,1H3. The molecule has 1 saturated heterocycles. The van der Waals surface area contributed by atoms with Crippen molar-refractivity contribution in [1.29, 1.82) is 0 Å². The molecule has 0 saturated carbocycles. The number of hydrogen-bond donors (Lipinski definition) is 0. The lowest BCUT2D eigenvalue weighted by Gasteiger charge is -2.20. The summed E-state index contributed by atoms with van der Waals surface area (Å²) >= 11 is 6.30. The molecule has 0 aliphatic carbocycles. The average molecular weight is 552 g/mol. The van der Waals surface area contributed by atoms with Crippen molar-refractivity contribution in [1.82, 2.24) is 4.31 Å². The van der Waals surface area contributed by atoms with E-state index in [1.165, 1.54) is 40.7 Å². The fraction of sp³-hybridized carbons (Fsp3) is 0.241. The fourth-order valence-electron chi connectivity index (χ4n) is 4.68. The van der Waals surface area contributed by atoms with E-state index < -0.39 is 16.0 Å². The van der Waals surface area contributed by atoms with Gasteiger partial charge in [0.1, 0.15) is 17.1 Å². The van der Waals surface area contributed by atoms with Crippen molar-refractivity contribution in [3.63, 3.8) is 0 Å². The molecule has 5 rings (SSSR count). The van der Waals surface area contributed by atoms with Crippen LogP contribution in [-0.4, -0.2) is 31.8 Å². The van der Waals surface area contributed by atoms with Gasteiger partial charge in [0, 0.05) is 29.7 Å². The molecular formula is C29H26ClNO6S. The second kappa shape index (κ2) is 10.7. The number of carbonyl (C=O) groups is 1. The Morgan fingerprint density at radius 1 is 0.947 bits per heavy atom. The van der Waals surface area contributed by atoms with Gasteiger partial charge in [-0.2, -0.15) is 4.31 Å². The minimum absolute atomic E-state index is 0.147. The van der Waals surface area contributed by atoms with E-state index in [4.69, 9.17) is 20.8 Å². The Hall–Kier alpha value is -3.46. The van der Waals surface area contributed by atoms with Gasteiger partial charge in [-0.3, -0.25) is 4.79 Å². The molecule has 1 fully saturated rings. The molecule has 7 nitrogen and oxygen atoms in total. The number of halogens is 1. The zero-order valence-electron chi connectivity index (χ0n) is 20.8. The Morgan fingerprint density at radius 3 is 2.32 bits per heavy atom. The van der Waals surface area contributed by atoms with E-state index in [9.17, 15) is 18.0 Å². The number of benzene rings is 3. The molecule has 0 atom stereocenters. The summed E-state index contributed by atoms with van der Waals surface area (Å²) in [5.41, 5.74) is 1.19. The first-order valence-electron chi connectivity index (χ1n) is 12.4. The van der Waals surface area contributed by atoms with E-state index in [2.05, 4.69) is 0 Å². The molecule has 0 bridgehead atoms. The van der Waals surface area contributed by atoms with E-state index in [1.807, 2.05) is 0 Å². The van der Waals surface area contributed by atoms with Crippen molar-refractivity contribution < 1.29 is 22.4 Å². The van der Waals surface area contributed by atoms with Crippen LogP contribution in [0.4, 0.5) is 0 Å². The highest BCUT2D eigenvalue weighted by atomic mass is 35.5. The third-order valence-corrected chi connectivity index (χ3v) is 8.93. The number of aryl methyl sites for hydroxylation is 1. The van der Waals surface area contributed by atoms with Gasteiger partial charge in [0.25, 0.3) is 0 Å². The third-order valence-electron chi connectivity index (χ3n) is 6.69. The average Bonchev–Trinajstić information content (AvgIpc) is 3.20. The monoisotopic (exact) mass is 551 g/mol. The van der Waals surface area contributed by atoms with Crippen LogP contribution in [0.3, 0.4) is 0 Å². The normalized spacial score (nSPS) is 14.8. The summed E-state index contributed by atoms with van der Waals surface area (Å²) in [4.78, 5) is 26.2. The highest BCUT2D eigenvalue weighted by Gasteiger charge is 2.25. The van der Waals surface area contributed by atoms with E-state index in [0.717, 1.165) is 25.7 Å². The minimum atomic E-state index is -3.61. The van der Waals surface area contributed by atoms with Gasteiger partial charge in [-0.1, -0.05) is 42.6 Å². The molecule has 1 aromatic heterocycles. The van der Waals surface area contributed by atoms with Crippen molar-refractivity contribution in [3.05, 3.63) is 93.3 Å². The first-order valence-corrected chi connectivity index (χ1v) is 14.2. The smallest absolute Gasteiger partial charge is 0.343 e. The molecule has 0 amide bonds. The van der Waals surface area contributed by atoms with Crippen LogP contribution in [0.1, 0.15) is 41.8 Å². The molecular weight excluding hydrogens is 526 g/mol. The number of ether oxygens (including phenoxy) is 1. The summed E-state index contributed by atoms with van der Waals surface area (Å²) < 4.78 is 38.9. The molecule has 0 spiro atoms. The summed E-state index contributed by atoms with van der Waals surface area (Å²) in [6.45, 7) is 2.69. The summed E-state index contributed by atoms with van der Waals surface area (Å²) in [6.07, 6.45) is 3.74. The highest BCUT2D eigenvalue weighted by Crippen LogP contribution is 2.31. The van der Waals surface area contributed by atoms with Crippen LogP contribution in [0.2, 0.25) is 5.02 Å². The molecule has 4 aromatic rings. The Morgan fingerprint density at radius 2 is 1.63 bits per heavy atom. The van der Waals surface area contributed by atoms with E-state index >= 15 is 0 Å². The van der Waals surface area contributed by atoms with Crippen molar-refractivity contribution in [2.75, 3.05) is 13.1 Å². The van der Waals surface area contributed by atoms with E-state index in [0.29, 0.717) is 40.4 Å². The molecule has 1 aliphatic rings. The maximum Gasteiger partial charge on any atom is 0.343 e. The van der Waals surface area contributed by atoms with Crippen LogP contribution in [0.15, 0.2) is 80.8 Å². The van der Waals surface area contributed by atoms with Crippen molar-refractivity contribution >= 4 is 38.6 Å². The van der Waals surface area contributed by atoms with Crippen molar-refractivity contribution in [2.45, 2.75) is 37.5 Å². The molecule has 1 aliphatic heterocycles. The summed E-state index contributed by atoms with van der Waals surface area (Å²) in [5, 5.41) is 0.770.